The predicted molar refractivity (Wildman–Crippen MR) is 89.5 cm³/mol. The Bertz CT molecular complexity index is 474. The smallest absolute Gasteiger partial charge is 0.166 e. The Morgan fingerprint density at radius 3 is 2.71 bits per heavy atom. The van der Waals surface area contributed by atoms with E-state index in [-0.39, 0.29) is 11.3 Å². The number of rotatable bonds is 7. The van der Waals surface area contributed by atoms with Gasteiger partial charge in [-0.05, 0) is 31.1 Å². The highest BCUT2D eigenvalue weighted by Gasteiger charge is 2.43. The summed E-state index contributed by atoms with van der Waals surface area (Å²) in [5, 5.41) is 0. The molecule has 21 heavy (non-hydrogen) atoms. The maximum Gasteiger partial charge on any atom is 0.166 e. The van der Waals surface area contributed by atoms with Gasteiger partial charge in [-0.2, -0.15) is 0 Å². The van der Waals surface area contributed by atoms with Crippen molar-refractivity contribution in [3.05, 3.63) is 48.0 Å². The number of ketones is 1. The third kappa shape index (κ3) is 3.64. The van der Waals surface area contributed by atoms with Gasteiger partial charge >= 0.3 is 0 Å². The lowest BCUT2D eigenvalue weighted by Gasteiger charge is -2.31. The van der Waals surface area contributed by atoms with Crippen LogP contribution in [-0.4, -0.2) is 5.78 Å². The summed E-state index contributed by atoms with van der Waals surface area (Å²) in [7, 11) is 0. The van der Waals surface area contributed by atoms with E-state index in [1.54, 1.807) is 0 Å². The zero-order chi connectivity index (χ0) is 15.1. The summed E-state index contributed by atoms with van der Waals surface area (Å²) in [5.74, 6) is 0.512. The van der Waals surface area contributed by atoms with Crippen molar-refractivity contribution in [2.24, 2.45) is 11.3 Å². The van der Waals surface area contributed by atoms with Crippen LogP contribution >= 0.6 is 0 Å². The molecule has 1 aromatic carbocycles. The average Bonchev–Trinajstić information content (AvgIpc) is 2.96. The van der Waals surface area contributed by atoms with Gasteiger partial charge in [-0.15, -0.1) is 0 Å². The number of carbonyl (C=O) groups excluding carboxylic acids is 1. The molecule has 0 spiro atoms. The van der Waals surface area contributed by atoms with Crippen LogP contribution in [0.25, 0.3) is 0 Å². The van der Waals surface area contributed by atoms with E-state index in [2.05, 4.69) is 26.0 Å². The molecule has 1 saturated carbocycles. The quantitative estimate of drug-likeness (QED) is 0.350. The monoisotopic (exact) mass is 284 g/mol. The summed E-state index contributed by atoms with van der Waals surface area (Å²) >= 11 is 0. The minimum Gasteiger partial charge on any atom is -0.294 e. The van der Waals surface area contributed by atoms with E-state index < -0.39 is 0 Å². The fourth-order valence-corrected chi connectivity index (χ4v) is 3.67. The van der Waals surface area contributed by atoms with Gasteiger partial charge in [-0.3, -0.25) is 4.79 Å². The highest BCUT2D eigenvalue weighted by atomic mass is 16.1. The van der Waals surface area contributed by atoms with Crippen LogP contribution in [0.4, 0.5) is 0 Å². The van der Waals surface area contributed by atoms with Gasteiger partial charge in [0, 0.05) is 11.5 Å². The Balaban J connectivity index is 2.17. The summed E-state index contributed by atoms with van der Waals surface area (Å²) in [6, 6.07) is 9.83. The van der Waals surface area contributed by atoms with Crippen LogP contribution in [0.15, 0.2) is 42.5 Å². The molecule has 0 heterocycles. The second-order valence-corrected chi connectivity index (χ2v) is 6.31. The minimum absolute atomic E-state index is 0.0979. The van der Waals surface area contributed by atoms with Crippen LogP contribution in [0.3, 0.4) is 0 Å². The summed E-state index contributed by atoms with van der Waals surface area (Å²) in [5.41, 5.74) is 0.977. The second kappa shape index (κ2) is 7.59. The molecule has 0 amide bonds. The lowest BCUT2D eigenvalue weighted by atomic mass is 9.72. The number of hydrogen-bond donors (Lipinski definition) is 0. The van der Waals surface area contributed by atoms with Crippen LogP contribution in [0.2, 0.25) is 0 Å². The first-order chi connectivity index (χ1) is 10.2. The fourth-order valence-electron chi connectivity index (χ4n) is 3.67. The van der Waals surface area contributed by atoms with Crippen molar-refractivity contribution < 1.29 is 4.79 Å². The van der Waals surface area contributed by atoms with Crippen molar-refractivity contribution in [1.82, 2.24) is 0 Å². The van der Waals surface area contributed by atoms with Gasteiger partial charge in [-0.25, -0.2) is 0 Å². The molecule has 1 aromatic rings. The lowest BCUT2D eigenvalue weighted by molar-refractivity contribution is 0.0843. The molecule has 0 saturated heterocycles. The SMILES string of the molecule is CCCC/C=C/[C@@]1(CC)CCC[C@@H]1C(=O)c1ccccc1. The van der Waals surface area contributed by atoms with Crippen LogP contribution < -0.4 is 0 Å². The average molecular weight is 284 g/mol. The van der Waals surface area contributed by atoms with E-state index in [1.165, 1.54) is 19.3 Å². The molecule has 1 fully saturated rings. The number of benzene rings is 1. The Morgan fingerprint density at radius 2 is 2.05 bits per heavy atom. The Hall–Kier alpha value is -1.37. The van der Waals surface area contributed by atoms with Gasteiger partial charge in [0.1, 0.15) is 0 Å². The number of Topliss-reactive ketones (excluding diaryl/α,β-unsaturated/α-hetero) is 1. The summed E-state index contributed by atoms with van der Waals surface area (Å²) in [6.07, 6.45) is 12.8. The Kier molecular flexibility index (Phi) is 5.78. The third-order valence-corrected chi connectivity index (χ3v) is 5.04. The highest BCUT2D eigenvalue weighted by Crippen LogP contribution is 2.48. The minimum atomic E-state index is 0.0979. The molecule has 0 N–H and O–H groups in total. The largest absolute Gasteiger partial charge is 0.294 e. The van der Waals surface area contributed by atoms with Gasteiger partial charge in [0.25, 0.3) is 0 Å². The maximum absolute atomic E-state index is 12.9. The molecule has 0 aromatic heterocycles. The Morgan fingerprint density at radius 1 is 1.29 bits per heavy atom. The van der Waals surface area contributed by atoms with Crippen LogP contribution in [-0.2, 0) is 0 Å². The molecular weight excluding hydrogens is 256 g/mol. The zero-order valence-electron chi connectivity index (χ0n) is 13.5. The molecule has 114 valence electrons. The van der Waals surface area contributed by atoms with Crippen molar-refractivity contribution >= 4 is 5.78 Å². The first kappa shape index (κ1) is 16.0. The maximum atomic E-state index is 12.9. The van der Waals surface area contributed by atoms with Gasteiger partial charge in [0.2, 0.25) is 0 Å². The van der Waals surface area contributed by atoms with E-state index in [1.807, 2.05) is 30.3 Å². The van der Waals surface area contributed by atoms with Crippen LogP contribution in [0, 0.1) is 11.3 Å². The summed E-state index contributed by atoms with van der Waals surface area (Å²) in [6.45, 7) is 4.46. The van der Waals surface area contributed by atoms with E-state index >= 15 is 0 Å². The van der Waals surface area contributed by atoms with Crippen molar-refractivity contribution in [3.8, 4) is 0 Å². The molecule has 0 radical (unpaired) electrons. The molecule has 0 aliphatic heterocycles. The van der Waals surface area contributed by atoms with E-state index in [0.29, 0.717) is 5.78 Å². The summed E-state index contributed by atoms with van der Waals surface area (Å²) in [4.78, 5) is 12.9. The van der Waals surface area contributed by atoms with E-state index in [9.17, 15) is 4.79 Å². The molecule has 1 aliphatic carbocycles. The number of carbonyl (C=O) groups is 1. The van der Waals surface area contributed by atoms with Crippen molar-refractivity contribution in [2.45, 2.75) is 58.8 Å². The molecule has 0 bridgehead atoms. The topological polar surface area (TPSA) is 17.1 Å². The standard InChI is InChI=1S/C20H28O/c1-3-5-6-10-15-20(4-2)16-11-14-18(20)19(21)17-12-8-7-9-13-17/h7-10,12-13,15,18H,3-6,11,14,16H2,1-2H3/b15-10+/t18-,20+/m1/s1. The van der Waals surface area contributed by atoms with Crippen LogP contribution in [0.5, 0.6) is 0 Å². The van der Waals surface area contributed by atoms with Crippen molar-refractivity contribution in [3.63, 3.8) is 0 Å². The highest BCUT2D eigenvalue weighted by molar-refractivity contribution is 5.98. The number of unbranched alkanes of at least 4 members (excludes halogenated alkanes) is 2. The fraction of sp³-hybridized carbons (Fsp3) is 0.550. The first-order valence-electron chi connectivity index (χ1n) is 8.50. The van der Waals surface area contributed by atoms with Crippen molar-refractivity contribution in [1.29, 1.82) is 0 Å². The van der Waals surface area contributed by atoms with Crippen LogP contribution in [0.1, 0.15) is 69.2 Å². The first-order valence-corrected chi connectivity index (χ1v) is 8.50. The van der Waals surface area contributed by atoms with Crippen molar-refractivity contribution in [2.75, 3.05) is 0 Å². The van der Waals surface area contributed by atoms with E-state index in [0.717, 1.165) is 31.2 Å². The number of allylic oxidation sites excluding steroid dienone is 2. The lowest BCUT2D eigenvalue weighted by Crippen LogP contribution is -2.29. The van der Waals surface area contributed by atoms with Gasteiger partial charge < -0.3 is 0 Å². The summed E-state index contributed by atoms with van der Waals surface area (Å²) < 4.78 is 0. The molecule has 1 heteroatoms. The van der Waals surface area contributed by atoms with Gasteiger partial charge in [0.05, 0.1) is 0 Å². The zero-order valence-corrected chi connectivity index (χ0v) is 13.5. The number of hydrogen-bond acceptors (Lipinski definition) is 1. The molecule has 1 aliphatic rings. The molecule has 1 nitrogen and oxygen atoms in total. The Labute approximate surface area is 129 Å². The normalized spacial score (nSPS) is 25.5. The molecular formula is C20H28O. The second-order valence-electron chi connectivity index (χ2n) is 6.31. The predicted octanol–water partition coefficient (Wildman–Crippen LogP) is 5.81. The van der Waals surface area contributed by atoms with Gasteiger partial charge in [-0.1, -0.05) is 75.6 Å². The van der Waals surface area contributed by atoms with Gasteiger partial charge in [0.15, 0.2) is 5.78 Å². The molecule has 2 atom stereocenters. The van der Waals surface area contributed by atoms with E-state index in [4.69, 9.17) is 0 Å². The molecule has 2 rings (SSSR count). The molecule has 0 unspecified atom stereocenters. The third-order valence-electron chi connectivity index (χ3n) is 5.04.